The Bertz CT molecular complexity index is 261. The smallest absolute Gasteiger partial charge is 0.233 e. The van der Waals surface area contributed by atoms with Crippen molar-refractivity contribution in [3.8, 4) is 0 Å². The lowest BCUT2D eigenvalue weighted by atomic mass is 10.2. The van der Waals surface area contributed by atoms with Gasteiger partial charge in [0.2, 0.25) is 6.41 Å². The van der Waals surface area contributed by atoms with E-state index in [1.54, 1.807) is 0 Å². The zero-order valence-electron chi connectivity index (χ0n) is 8.35. The van der Waals surface area contributed by atoms with Crippen molar-refractivity contribution in [2.45, 2.75) is 13.3 Å². The van der Waals surface area contributed by atoms with Crippen molar-refractivity contribution in [1.82, 2.24) is 5.06 Å². The predicted octanol–water partition coefficient (Wildman–Crippen LogP) is 1.64. The molecule has 76 valence electrons. The highest BCUT2D eigenvalue weighted by Crippen LogP contribution is 2.00. The van der Waals surface area contributed by atoms with Crippen LogP contribution in [0, 0.1) is 0 Å². The molecule has 0 atom stereocenters. The van der Waals surface area contributed by atoms with Gasteiger partial charge >= 0.3 is 0 Å². The van der Waals surface area contributed by atoms with Gasteiger partial charge in [-0.3, -0.25) is 9.63 Å². The lowest BCUT2D eigenvalue weighted by Gasteiger charge is -2.13. The van der Waals surface area contributed by atoms with Crippen molar-refractivity contribution in [1.29, 1.82) is 0 Å². The third-order valence-electron chi connectivity index (χ3n) is 1.92. The summed E-state index contributed by atoms with van der Waals surface area (Å²) in [5.74, 6) is 0. The van der Waals surface area contributed by atoms with E-state index in [4.69, 9.17) is 4.84 Å². The first-order chi connectivity index (χ1) is 6.86. The summed E-state index contributed by atoms with van der Waals surface area (Å²) in [6.45, 7) is 2.99. The molecule has 0 saturated carbocycles. The summed E-state index contributed by atoms with van der Waals surface area (Å²) < 4.78 is 0. The van der Waals surface area contributed by atoms with Crippen LogP contribution in [0.1, 0.15) is 12.5 Å². The molecule has 1 aromatic carbocycles. The molecule has 0 saturated heterocycles. The quantitative estimate of drug-likeness (QED) is 0.507. The third kappa shape index (κ3) is 3.58. The Kier molecular flexibility index (Phi) is 4.72. The highest BCUT2D eigenvalue weighted by Gasteiger charge is 1.97. The molecule has 1 rings (SSSR count). The lowest BCUT2D eigenvalue weighted by Crippen LogP contribution is -2.22. The maximum absolute atomic E-state index is 10.4. The number of rotatable bonds is 6. The highest BCUT2D eigenvalue weighted by atomic mass is 16.7. The largest absolute Gasteiger partial charge is 0.276 e. The van der Waals surface area contributed by atoms with Crippen LogP contribution < -0.4 is 0 Å². The molecule has 0 radical (unpaired) electrons. The fourth-order valence-corrected chi connectivity index (χ4v) is 1.12. The van der Waals surface area contributed by atoms with E-state index in [1.165, 1.54) is 10.6 Å². The summed E-state index contributed by atoms with van der Waals surface area (Å²) in [4.78, 5) is 15.6. The van der Waals surface area contributed by atoms with Gasteiger partial charge < -0.3 is 0 Å². The molecule has 1 aromatic rings. The zero-order valence-corrected chi connectivity index (χ0v) is 8.35. The van der Waals surface area contributed by atoms with Gasteiger partial charge in [0, 0.05) is 6.54 Å². The normalized spacial score (nSPS) is 9.79. The van der Waals surface area contributed by atoms with E-state index in [0.717, 1.165) is 6.42 Å². The SMILES string of the molecule is CCN(C=O)OCCc1ccccc1. The first-order valence-electron chi connectivity index (χ1n) is 4.75. The second-order valence-corrected chi connectivity index (χ2v) is 2.91. The summed E-state index contributed by atoms with van der Waals surface area (Å²) in [6, 6.07) is 10.1. The number of nitrogens with zero attached hydrogens (tertiary/aromatic N) is 1. The minimum atomic E-state index is 0.538. The summed E-state index contributed by atoms with van der Waals surface area (Å²) in [6.07, 6.45) is 1.52. The molecular formula is C11H15NO2. The molecular weight excluding hydrogens is 178 g/mol. The van der Waals surface area contributed by atoms with Crippen LogP contribution in [-0.4, -0.2) is 24.6 Å². The molecule has 0 spiro atoms. The first kappa shape index (κ1) is 10.7. The fourth-order valence-electron chi connectivity index (χ4n) is 1.12. The van der Waals surface area contributed by atoms with E-state index in [2.05, 4.69) is 0 Å². The summed E-state index contributed by atoms with van der Waals surface area (Å²) in [5.41, 5.74) is 1.22. The van der Waals surface area contributed by atoms with Crippen molar-refractivity contribution >= 4 is 6.41 Å². The zero-order chi connectivity index (χ0) is 10.2. The number of carbonyl (C=O) groups excluding carboxylic acids is 1. The van der Waals surface area contributed by atoms with Crippen LogP contribution in [0.15, 0.2) is 30.3 Å². The van der Waals surface area contributed by atoms with E-state index in [9.17, 15) is 4.79 Å². The van der Waals surface area contributed by atoms with Crippen molar-refractivity contribution in [2.75, 3.05) is 13.2 Å². The van der Waals surface area contributed by atoms with Crippen LogP contribution in [-0.2, 0) is 16.1 Å². The average Bonchev–Trinajstić information content (AvgIpc) is 2.26. The topological polar surface area (TPSA) is 29.5 Å². The van der Waals surface area contributed by atoms with Crippen LogP contribution in [0.5, 0.6) is 0 Å². The predicted molar refractivity (Wildman–Crippen MR) is 54.5 cm³/mol. The van der Waals surface area contributed by atoms with E-state index >= 15 is 0 Å². The van der Waals surface area contributed by atoms with Gasteiger partial charge in [-0.2, -0.15) is 0 Å². The molecule has 3 nitrogen and oxygen atoms in total. The maximum atomic E-state index is 10.4. The van der Waals surface area contributed by atoms with Gasteiger partial charge in [-0.15, -0.1) is 0 Å². The molecule has 0 aliphatic carbocycles. The minimum Gasteiger partial charge on any atom is -0.276 e. The molecule has 1 amide bonds. The number of carbonyl (C=O) groups is 1. The molecule has 0 fully saturated rings. The molecule has 0 unspecified atom stereocenters. The highest BCUT2D eigenvalue weighted by molar-refractivity contribution is 5.44. The van der Waals surface area contributed by atoms with Crippen molar-refractivity contribution in [3.05, 3.63) is 35.9 Å². The average molecular weight is 193 g/mol. The summed E-state index contributed by atoms with van der Waals surface area (Å²) >= 11 is 0. The van der Waals surface area contributed by atoms with Crippen LogP contribution in [0.4, 0.5) is 0 Å². The van der Waals surface area contributed by atoms with Gasteiger partial charge in [0.05, 0.1) is 6.61 Å². The van der Waals surface area contributed by atoms with Crippen molar-refractivity contribution in [3.63, 3.8) is 0 Å². The number of benzene rings is 1. The van der Waals surface area contributed by atoms with Crippen molar-refractivity contribution in [2.24, 2.45) is 0 Å². The number of hydroxylamine groups is 2. The molecule has 0 heterocycles. The molecule has 0 aromatic heterocycles. The summed E-state index contributed by atoms with van der Waals surface area (Å²) in [7, 11) is 0. The Morgan fingerprint density at radius 3 is 2.64 bits per heavy atom. The van der Waals surface area contributed by atoms with Gasteiger partial charge in [0.1, 0.15) is 0 Å². The number of hydrogen-bond donors (Lipinski definition) is 0. The van der Waals surface area contributed by atoms with Crippen LogP contribution in [0.3, 0.4) is 0 Å². The van der Waals surface area contributed by atoms with Gasteiger partial charge in [-0.25, -0.2) is 5.06 Å². The van der Waals surface area contributed by atoms with Gasteiger partial charge in [0.15, 0.2) is 0 Å². The molecule has 3 heteroatoms. The van der Waals surface area contributed by atoms with E-state index in [0.29, 0.717) is 19.6 Å². The Balaban J connectivity index is 2.25. The van der Waals surface area contributed by atoms with Crippen LogP contribution in [0.2, 0.25) is 0 Å². The molecule has 0 aliphatic heterocycles. The van der Waals surface area contributed by atoms with E-state index in [1.807, 2.05) is 37.3 Å². The molecule has 0 N–H and O–H groups in total. The molecule has 14 heavy (non-hydrogen) atoms. The third-order valence-corrected chi connectivity index (χ3v) is 1.92. The van der Waals surface area contributed by atoms with Crippen LogP contribution >= 0.6 is 0 Å². The Labute approximate surface area is 84.2 Å². The number of amides is 1. The Morgan fingerprint density at radius 1 is 1.36 bits per heavy atom. The van der Waals surface area contributed by atoms with Gasteiger partial charge in [-0.05, 0) is 18.9 Å². The van der Waals surface area contributed by atoms with Crippen molar-refractivity contribution < 1.29 is 9.63 Å². The second-order valence-electron chi connectivity index (χ2n) is 2.91. The number of hydrogen-bond acceptors (Lipinski definition) is 2. The Morgan fingerprint density at radius 2 is 2.07 bits per heavy atom. The lowest BCUT2D eigenvalue weighted by molar-refractivity contribution is -0.170. The fraction of sp³-hybridized carbons (Fsp3) is 0.364. The van der Waals surface area contributed by atoms with Gasteiger partial charge in [-0.1, -0.05) is 30.3 Å². The van der Waals surface area contributed by atoms with E-state index < -0.39 is 0 Å². The van der Waals surface area contributed by atoms with Crippen LogP contribution in [0.25, 0.3) is 0 Å². The Hall–Kier alpha value is -1.35. The monoisotopic (exact) mass is 193 g/mol. The first-order valence-corrected chi connectivity index (χ1v) is 4.75. The maximum Gasteiger partial charge on any atom is 0.233 e. The second kappa shape index (κ2) is 6.16. The van der Waals surface area contributed by atoms with E-state index in [-0.39, 0.29) is 0 Å². The molecule has 0 aliphatic rings. The molecule has 0 bridgehead atoms. The van der Waals surface area contributed by atoms with Gasteiger partial charge in [0.25, 0.3) is 0 Å². The standard InChI is InChI=1S/C11H15NO2/c1-2-12(10-13)14-9-8-11-6-4-3-5-7-11/h3-7,10H,2,8-9H2,1H3. The summed E-state index contributed by atoms with van der Waals surface area (Å²) in [5, 5.41) is 1.29. The minimum absolute atomic E-state index is 0.538.